The number of benzene rings is 2. The summed E-state index contributed by atoms with van der Waals surface area (Å²) in [6.07, 6.45) is 1.93. The van der Waals surface area contributed by atoms with E-state index >= 15 is 0 Å². The molecule has 1 unspecified atom stereocenters. The van der Waals surface area contributed by atoms with Gasteiger partial charge in [-0.25, -0.2) is 9.18 Å². The summed E-state index contributed by atoms with van der Waals surface area (Å²) in [5.74, 6) is -1.35. The van der Waals surface area contributed by atoms with E-state index in [1.807, 2.05) is 19.1 Å². The summed E-state index contributed by atoms with van der Waals surface area (Å²) in [4.78, 5) is 39.2. The second kappa shape index (κ2) is 10.6. The second-order valence-electron chi connectivity index (χ2n) is 8.91. The Hall–Kier alpha value is -3.19. The van der Waals surface area contributed by atoms with Crippen molar-refractivity contribution >= 4 is 34.4 Å². The quantitative estimate of drug-likeness (QED) is 0.343. The molecular weight excluding hydrogens is 473 g/mol. The topological polar surface area (TPSA) is 76.8 Å². The Morgan fingerprint density at radius 3 is 2.74 bits per heavy atom. The van der Waals surface area contributed by atoms with Crippen LogP contribution in [0, 0.1) is 17.7 Å². The summed E-state index contributed by atoms with van der Waals surface area (Å²) in [5, 5.41) is 0.858. The Morgan fingerprint density at radius 2 is 2.00 bits per heavy atom. The lowest BCUT2D eigenvalue weighted by molar-refractivity contribution is -0.151. The van der Waals surface area contributed by atoms with Gasteiger partial charge in [-0.05, 0) is 56.0 Å². The van der Waals surface area contributed by atoms with Gasteiger partial charge in [-0.1, -0.05) is 30.7 Å². The van der Waals surface area contributed by atoms with E-state index in [0.717, 1.165) is 18.4 Å². The molecule has 0 aliphatic carbocycles. The molecule has 0 N–H and O–H groups in total. The molecular formula is C27H27ClFNO5. The highest BCUT2D eigenvalue weighted by Gasteiger charge is 2.31. The van der Waals surface area contributed by atoms with E-state index in [0.29, 0.717) is 48.2 Å². The minimum absolute atomic E-state index is 0.0209. The second-order valence-corrected chi connectivity index (χ2v) is 9.32. The van der Waals surface area contributed by atoms with Crippen molar-refractivity contribution in [1.29, 1.82) is 0 Å². The fraction of sp³-hybridized carbons (Fsp3) is 0.370. The molecule has 2 atom stereocenters. The molecule has 1 aliphatic heterocycles. The summed E-state index contributed by atoms with van der Waals surface area (Å²) in [6, 6.07) is 10.8. The lowest BCUT2D eigenvalue weighted by Crippen LogP contribution is -2.45. The van der Waals surface area contributed by atoms with Gasteiger partial charge in [0.25, 0.3) is 0 Å². The lowest BCUT2D eigenvalue weighted by Gasteiger charge is -2.33. The average molecular weight is 500 g/mol. The molecule has 8 heteroatoms. The third-order valence-electron chi connectivity index (χ3n) is 6.35. The molecule has 0 spiro atoms. The number of piperidine rings is 1. The van der Waals surface area contributed by atoms with E-state index in [-0.39, 0.29) is 28.7 Å². The third-order valence-corrected chi connectivity index (χ3v) is 6.66. The predicted molar refractivity (Wildman–Crippen MR) is 132 cm³/mol. The van der Waals surface area contributed by atoms with Crippen LogP contribution in [-0.4, -0.2) is 36.5 Å². The third kappa shape index (κ3) is 5.56. The van der Waals surface area contributed by atoms with Crippen molar-refractivity contribution in [1.82, 2.24) is 4.90 Å². The van der Waals surface area contributed by atoms with Crippen LogP contribution in [0.25, 0.3) is 22.1 Å². The number of amides is 1. The number of ether oxygens (including phenoxy) is 1. The molecule has 1 aromatic heterocycles. The maximum Gasteiger partial charge on any atom is 0.336 e. The van der Waals surface area contributed by atoms with Crippen LogP contribution in [0.15, 0.2) is 51.7 Å². The Kier molecular flexibility index (Phi) is 7.55. The van der Waals surface area contributed by atoms with Crippen molar-refractivity contribution in [3.8, 4) is 11.1 Å². The Labute approximate surface area is 207 Å². The molecule has 1 amide bonds. The van der Waals surface area contributed by atoms with Crippen molar-refractivity contribution in [2.45, 2.75) is 33.1 Å². The molecule has 2 aromatic carbocycles. The lowest BCUT2D eigenvalue weighted by atomic mass is 9.94. The smallest absolute Gasteiger partial charge is 0.336 e. The van der Waals surface area contributed by atoms with Crippen molar-refractivity contribution < 1.29 is 23.1 Å². The van der Waals surface area contributed by atoms with E-state index in [4.69, 9.17) is 20.8 Å². The van der Waals surface area contributed by atoms with Crippen LogP contribution in [0.3, 0.4) is 0 Å². The number of carbonyl (C=O) groups is 2. The molecule has 0 bridgehead atoms. The predicted octanol–water partition coefficient (Wildman–Crippen LogP) is 5.23. The number of rotatable bonds is 6. The Balaban J connectivity index is 1.54. The molecule has 2 heterocycles. The molecule has 1 saturated heterocycles. The van der Waals surface area contributed by atoms with Crippen molar-refractivity contribution in [2.24, 2.45) is 11.8 Å². The van der Waals surface area contributed by atoms with Gasteiger partial charge in [-0.2, -0.15) is 0 Å². The highest BCUT2D eigenvalue weighted by atomic mass is 35.5. The van der Waals surface area contributed by atoms with Gasteiger partial charge < -0.3 is 14.1 Å². The molecule has 1 aliphatic rings. The number of hydrogen-bond donors (Lipinski definition) is 0. The van der Waals surface area contributed by atoms with E-state index in [2.05, 4.69) is 0 Å². The molecule has 4 rings (SSSR count). The zero-order chi connectivity index (χ0) is 25.1. The van der Waals surface area contributed by atoms with Crippen molar-refractivity contribution in [3.05, 3.63) is 69.3 Å². The van der Waals surface area contributed by atoms with Crippen LogP contribution in [0.5, 0.6) is 0 Å². The maximum atomic E-state index is 13.5. The first-order valence-corrected chi connectivity index (χ1v) is 12.1. The number of esters is 1. The Bertz CT molecular complexity index is 1320. The summed E-state index contributed by atoms with van der Waals surface area (Å²) in [7, 11) is 0. The Morgan fingerprint density at radius 1 is 1.20 bits per heavy atom. The molecule has 3 aromatic rings. The minimum atomic E-state index is -0.549. The molecule has 0 saturated carbocycles. The highest BCUT2D eigenvalue weighted by molar-refractivity contribution is 6.33. The molecule has 0 radical (unpaired) electrons. The van der Waals surface area contributed by atoms with E-state index < -0.39 is 11.4 Å². The summed E-state index contributed by atoms with van der Waals surface area (Å²) < 4.78 is 24.1. The first kappa shape index (κ1) is 24.9. The number of fused-ring (bicyclic) bond motifs is 1. The number of nitrogens with zero attached hydrogens (tertiary/aromatic N) is 1. The van der Waals surface area contributed by atoms with E-state index in [1.165, 1.54) is 24.3 Å². The van der Waals surface area contributed by atoms with Gasteiger partial charge in [-0.3, -0.25) is 9.59 Å². The van der Waals surface area contributed by atoms with Crippen LogP contribution >= 0.6 is 11.6 Å². The van der Waals surface area contributed by atoms with Gasteiger partial charge in [0.05, 0.1) is 17.5 Å². The fourth-order valence-corrected chi connectivity index (χ4v) is 4.92. The van der Waals surface area contributed by atoms with Crippen LogP contribution in [0.1, 0.15) is 32.3 Å². The zero-order valence-corrected chi connectivity index (χ0v) is 20.4. The van der Waals surface area contributed by atoms with Gasteiger partial charge in [0, 0.05) is 41.6 Å². The van der Waals surface area contributed by atoms with Gasteiger partial charge in [0.1, 0.15) is 11.4 Å². The van der Waals surface area contributed by atoms with Gasteiger partial charge in [0.15, 0.2) is 0 Å². The number of likely N-dealkylation sites (tertiary alicyclic amines) is 1. The van der Waals surface area contributed by atoms with Gasteiger partial charge in [-0.15, -0.1) is 0 Å². The van der Waals surface area contributed by atoms with Crippen molar-refractivity contribution in [3.63, 3.8) is 0 Å². The van der Waals surface area contributed by atoms with Crippen molar-refractivity contribution in [2.75, 3.05) is 19.7 Å². The number of hydrogen-bond acceptors (Lipinski definition) is 5. The summed E-state index contributed by atoms with van der Waals surface area (Å²) in [5.41, 5.74) is 1.74. The monoisotopic (exact) mass is 499 g/mol. The standard InChI is InChI=1S/C27H27ClFNO5/c1-3-34-27(33)18-5-4-10-30(15-18)26(32)16(2)11-17-6-8-21-22(14-25(31)35-24(21)12-17)20-9-7-19(29)13-23(20)28/h6-9,12-14,16,18H,3-5,10-11,15H2,1-2H3/t16?,18-/m0/s1. The number of carbonyl (C=O) groups excluding carboxylic acids is 2. The minimum Gasteiger partial charge on any atom is -0.466 e. The number of halogens is 2. The SMILES string of the molecule is CCOC(=O)[C@H]1CCCN(C(=O)C(C)Cc2ccc3c(-c4ccc(F)cc4Cl)cc(=O)oc3c2)C1. The van der Waals surface area contributed by atoms with Gasteiger partial charge >= 0.3 is 11.6 Å². The summed E-state index contributed by atoms with van der Waals surface area (Å²) >= 11 is 6.23. The normalized spacial score (nSPS) is 16.8. The van der Waals surface area contributed by atoms with E-state index in [1.54, 1.807) is 17.9 Å². The van der Waals surface area contributed by atoms with Crippen LogP contribution in [0.2, 0.25) is 5.02 Å². The highest BCUT2D eigenvalue weighted by Crippen LogP contribution is 2.33. The van der Waals surface area contributed by atoms with Crippen LogP contribution < -0.4 is 5.63 Å². The first-order valence-electron chi connectivity index (χ1n) is 11.7. The molecule has 184 valence electrons. The van der Waals surface area contributed by atoms with Crippen LogP contribution in [-0.2, 0) is 20.7 Å². The van der Waals surface area contributed by atoms with Crippen LogP contribution in [0.4, 0.5) is 4.39 Å². The van der Waals surface area contributed by atoms with Gasteiger partial charge in [0.2, 0.25) is 5.91 Å². The van der Waals surface area contributed by atoms with E-state index in [9.17, 15) is 18.8 Å². The molecule has 6 nitrogen and oxygen atoms in total. The first-order chi connectivity index (χ1) is 16.8. The largest absolute Gasteiger partial charge is 0.466 e. The molecule has 1 fully saturated rings. The zero-order valence-electron chi connectivity index (χ0n) is 19.7. The average Bonchev–Trinajstić information content (AvgIpc) is 2.83. The summed E-state index contributed by atoms with van der Waals surface area (Å²) in [6.45, 7) is 4.94. The molecule has 35 heavy (non-hydrogen) atoms. The fourth-order valence-electron chi connectivity index (χ4n) is 4.65. The maximum absolute atomic E-state index is 13.5.